The minimum atomic E-state index is -0.475. The van der Waals surface area contributed by atoms with E-state index in [-0.39, 0.29) is 18.1 Å². The van der Waals surface area contributed by atoms with Crippen LogP contribution in [0.4, 0.5) is 5.69 Å². The third kappa shape index (κ3) is 4.73. The molecule has 6 heteroatoms. The third-order valence-corrected chi connectivity index (χ3v) is 4.23. The fourth-order valence-electron chi connectivity index (χ4n) is 2.80. The molecule has 0 atom stereocenters. The van der Waals surface area contributed by atoms with Gasteiger partial charge in [0.05, 0.1) is 17.9 Å². The number of hydrogen-bond acceptors (Lipinski definition) is 5. The van der Waals surface area contributed by atoms with Crippen LogP contribution in [0.2, 0.25) is 0 Å². The number of ether oxygens (including phenoxy) is 1. The number of anilines is 1. The lowest BCUT2D eigenvalue weighted by atomic mass is 10.0. The topological polar surface area (TPSA) is 85.4 Å². The van der Waals surface area contributed by atoms with Crippen LogP contribution in [-0.4, -0.2) is 29.3 Å². The number of carbonyl (C=O) groups is 3. The molecule has 0 radical (unpaired) electrons. The summed E-state index contributed by atoms with van der Waals surface area (Å²) in [5.41, 5.74) is 2.41. The van der Waals surface area contributed by atoms with E-state index in [2.05, 4.69) is 10.3 Å². The van der Waals surface area contributed by atoms with Gasteiger partial charge in [0.15, 0.2) is 5.78 Å². The van der Waals surface area contributed by atoms with E-state index in [1.807, 2.05) is 6.07 Å². The van der Waals surface area contributed by atoms with Crippen LogP contribution in [0.1, 0.15) is 49.4 Å². The fourth-order valence-corrected chi connectivity index (χ4v) is 2.80. The van der Waals surface area contributed by atoms with Crippen LogP contribution < -0.4 is 5.32 Å². The molecule has 1 N–H and O–H groups in total. The average Bonchev–Trinajstić information content (AvgIpc) is 2.74. The van der Waals surface area contributed by atoms with Gasteiger partial charge in [0.1, 0.15) is 5.69 Å². The van der Waals surface area contributed by atoms with Crippen LogP contribution in [0, 0.1) is 6.92 Å². The number of pyridine rings is 1. The van der Waals surface area contributed by atoms with Gasteiger partial charge in [0.2, 0.25) is 0 Å². The van der Waals surface area contributed by atoms with Crippen LogP contribution in [0.5, 0.6) is 0 Å². The highest BCUT2D eigenvalue weighted by molar-refractivity contribution is 6.10. The molecular weight excluding hydrogens is 368 g/mol. The first-order valence-electron chi connectivity index (χ1n) is 9.15. The minimum Gasteiger partial charge on any atom is -0.462 e. The van der Waals surface area contributed by atoms with Gasteiger partial charge in [-0.25, -0.2) is 9.78 Å². The summed E-state index contributed by atoms with van der Waals surface area (Å²) in [6.45, 7) is 3.62. The van der Waals surface area contributed by atoms with E-state index < -0.39 is 11.9 Å². The molecule has 3 rings (SSSR count). The van der Waals surface area contributed by atoms with Crippen LogP contribution in [0.25, 0.3) is 0 Å². The van der Waals surface area contributed by atoms with Crippen molar-refractivity contribution in [3.63, 3.8) is 0 Å². The second-order valence-electron chi connectivity index (χ2n) is 6.28. The monoisotopic (exact) mass is 388 g/mol. The van der Waals surface area contributed by atoms with Crippen LogP contribution >= 0.6 is 0 Å². The first-order valence-corrected chi connectivity index (χ1v) is 9.15. The standard InChI is InChI=1S/C23H20N2O4/c1-3-29-23(28)19-12-13-20(24-15(19)2)22(27)25-18-11-7-10-17(14-18)21(26)16-8-5-4-6-9-16/h4-14H,3H2,1-2H3,(H,25,27). The molecule has 0 aliphatic heterocycles. The van der Waals surface area contributed by atoms with Crippen molar-refractivity contribution in [1.29, 1.82) is 0 Å². The van der Waals surface area contributed by atoms with Gasteiger partial charge in [0.25, 0.3) is 5.91 Å². The van der Waals surface area contributed by atoms with Crippen LogP contribution in [-0.2, 0) is 4.74 Å². The van der Waals surface area contributed by atoms with Crippen molar-refractivity contribution in [2.75, 3.05) is 11.9 Å². The Morgan fingerprint density at radius 2 is 1.66 bits per heavy atom. The number of nitrogens with zero attached hydrogens (tertiary/aromatic N) is 1. The first-order chi connectivity index (χ1) is 14.0. The second kappa shape index (κ2) is 8.93. The van der Waals surface area contributed by atoms with Gasteiger partial charge in [-0.2, -0.15) is 0 Å². The van der Waals surface area contributed by atoms with Gasteiger partial charge in [-0.1, -0.05) is 42.5 Å². The van der Waals surface area contributed by atoms with Crippen LogP contribution in [0.15, 0.2) is 66.7 Å². The molecular formula is C23H20N2O4. The SMILES string of the molecule is CCOC(=O)c1ccc(C(=O)Nc2cccc(C(=O)c3ccccc3)c2)nc1C. The average molecular weight is 388 g/mol. The van der Waals surface area contributed by atoms with Gasteiger partial charge in [-0.15, -0.1) is 0 Å². The van der Waals surface area contributed by atoms with E-state index in [1.165, 1.54) is 12.1 Å². The zero-order chi connectivity index (χ0) is 20.8. The number of carbonyl (C=O) groups excluding carboxylic acids is 3. The molecule has 0 spiro atoms. The van der Waals surface area contributed by atoms with E-state index in [9.17, 15) is 14.4 Å². The summed E-state index contributed by atoms with van der Waals surface area (Å²) < 4.78 is 4.97. The Bertz CT molecular complexity index is 1060. The summed E-state index contributed by atoms with van der Waals surface area (Å²) in [6.07, 6.45) is 0. The van der Waals surface area contributed by atoms with E-state index in [0.29, 0.717) is 28.1 Å². The molecule has 0 aliphatic rings. The second-order valence-corrected chi connectivity index (χ2v) is 6.28. The Hall–Kier alpha value is -3.80. The highest BCUT2D eigenvalue weighted by atomic mass is 16.5. The molecule has 0 saturated carbocycles. The van der Waals surface area contributed by atoms with E-state index >= 15 is 0 Å². The molecule has 1 aromatic heterocycles. The number of amides is 1. The summed E-state index contributed by atoms with van der Waals surface area (Å²) >= 11 is 0. The number of rotatable bonds is 6. The molecule has 0 bridgehead atoms. The summed E-state index contributed by atoms with van der Waals surface area (Å²) in [5.74, 6) is -1.04. The number of hydrogen-bond donors (Lipinski definition) is 1. The zero-order valence-electron chi connectivity index (χ0n) is 16.1. The quantitative estimate of drug-likeness (QED) is 0.509. The lowest BCUT2D eigenvalue weighted by Gasteiger charge is -2.09. The number of aryl methyl sites for hydroxylation is 1. The highest BCUT2D eigenvalue weighted by Gasteiger charge is 2.16. The zero-order valence-corrected chi connectivity index (χ0v) is 16.1. The smallest absolute Gasteiger partial charge is 0.339 e. The maximum absolute atomic E-state index is 12.6. The molecule has 0 aliphatic carbocycles. The fraction of sp³-hybridized carbons (Fsp3) is 0.130. The molecule has 2 aromatic carbocycles. The van der Waals surface area contributed by atoms with Crippen molar-refractivity contribution in [3.8, 4) is 0 Å². The van der Waals surface area contributed by atoms with E-state index in [0.717, 1.165) is 0 Å². The molecule has 0 fully saturated rings. The summed E-state index contributed by atoms with van der Waals surface area (Å²) in [5, 5.41) is 2.74. The Morgan fingerprint density at radius 1 is 0.931 bits per heavy atom. The lowest BCUT2D eigenvalue weighted by Crippen LogP contribution is -2.16. The van der Waals surface area contributed by atoms with Gasteiger partial charge in [0, 0.05) is 16.8 Å². The first kappa shape index (κ1) is 19.9. The highest BCUT2D eigenvalue weighted by Crippen LogP contribution is 2.16. The summed E-state index contributed by atoms with van der Waals surface area (Å²) in [4.78, 5) is 41.2. The van der Waals surface area contributed by atoms with E-state index in [1.54, 1.807) is 62.4 Å². The molecule has 3 aromatic rings. The van der Waals surface area contributed by atoms with Crippen molar-refractivity contribution >= 4 is 23.3 Å². The van der Waals surface area contributed by atoms with Crippen molar-refractivity contribution in [2.45, 2.75) is 13.8 Å². The Balaban J connectivity index is 1.77. The molecule has 6 nitrogen and oxygen atoms in total. The van der Waals surface area contributed by atoms with Gasteiger partial charge < -0.3 is 10.1 Å². The Labute approximate surface area is 168 Å². The number of aromatic nitrogens is 1. The van der Waals surface area contributed by atoms with Crippen LogP contribution in [0.3, 0.4) is 0 Å². The predicted octanol–water partition coefficient (Wildman–Crippen LogP) is 4.05. The van der Waals surface area contributed by atoms with E-state index in [4.69, 9.17) is 4.74 Å². The number of esters is 1. The molecule has 0 unspecified atom stereocenters. The number of ketones is 1. The molecule has 1 heterocycles. The van der Waals surface area contributed by atoms with Crippen molar-refractivity contribution in [2.24, 2.45) is 0 Å². The van der Waals surface area contributed by atoms with Gasteiger partial charge in [-0.05, 0) is 38.1 Å². The normalized spacial score (nSPS) is 10.3. The number of nitrogens with one attached hydrogen (secondary N) is 1. The lowest BCUT2D eigenvalue weighted by molar-refractivity contribution is 0.0524. The molecule has 0 saturated heterocycles. The largest absolute Gasteiger partial charge is 0.462 e. The maximum atomic E-state index is 12.6. The van der Waals surface area contributed by atoms with Gasteiger partial charge >= 0.3 is 5.97 Å². The number of benzene rings is 2. The maximum Gasteiger partial charge on any atom is 0.339 e. The summed E-state index contributed by atoms with van der Waals surface area (Å²) in [6, 6.07) is 18.6. The predicted molar refractivity (Wildman–Crippen MR) is 109 cm³/mol. The minimum absolute atomic E-state index is 0.130. The Morgan fingerprint density at radius 3 is 2.34 bits per heavy atom. The Kier molecular flexibility index (Phi) is 6.14. The summed E-state index contributed by atoms with van der Waals surface area (Å²) in [7, 11) is 0. The molecule has 1 amide bonds. The van der Waals surface area contributed by atoms with Crippen molar-refractivity contribution in [3.05, 3.63) is 94.8 Å². The third-order valence-electron chi connectivity index (χ3n) is 4.23. The molecule has 29 heavy (non-hydrogen) atoms. The van der Waals surface area contributed by atoms with Crippen molar-refractivity contribution < 1.29 is 19.1 Å². The molecule has 146 valence electrons. The van der Waals surface area contributed by atoms with Gasteiger partial charge in [-0.3, -0.25) is 9.59 Å². The van der Waals surface area contributed by atoms with Crippen molar-refractivity contribution in [1.82, 2.24) is 4.98 Å².